The van der Waals surface area contributed by atoms with Crippen molar-refractivity contribution in [1.82, 2.24) is 25.6 Å². The summed E-state index contributed by atoms with van der Waals surface area (Å²) in [4.78, 5) is 30.8. The van der Waals surface area contributed by atoms with E-state index < -0.39 is 17.9 Å². The number of aromatic nitrogens is 3. The van der Waals surface area contributed by atoms with Crippen molar-refractivity contribution in [3.63, 3.8) is 0 Å². The van der Waals surface area contributed by atoms with E-state index in [0.29, 0.717) is 26.3 Å². The fourth-order valence-electron chi connectivity index (χ4n) is 3.99. The molecule has 0 aliphatic rings. The first-order valence-electron chi connectivity index (χ1n) is 11.8. The van der Waals surface area contributed by atoms with E-state index in [1.807, 2.05) is 54.6 Å². The summed E-state index contributed by atoms with van der Waals surface area (Å²) in [5, 5.41) is 17.5. The lowest BCUT2D eigenvalue weighted by Gasteiger charge is -2.16. The molecule has 8 nitrogen and oxygen atoms in total. The molecule has 0 aliphatic carbocycles. The van der Waals surface area contributed by atoms with Crippen molar-refractivity contribution < 1.29 is 14.8 Å². The highest BCUT2D eigenvalue weighted by Crippen LogP contribution is 2.34. The van der Waals surface area contributed by atoms with E-state index in [4.69, 9.17) is 28.3 Å². The second kappa shape index (κ2) is 11.8. The minimum absolute atomic E-state index is 0.218. The molecule has 0 bridgehead atoms. The average molecular weight is 578 g/mol. The normalized spacial score (nSPS) is 11.7. The Morgan fingerprint density at radius 1 is 0.974 bits per heavy atom. The molecule has 3 aromatic heterocycles. The highest BCUT2D eigenvalue weighted by molar-refractivity contribution is 7.17. The molecular formula is C28H21Cl2N5O3S. The van der Waals surface area contributed by atoms with Gasteiger partial charge in [-0.3, -0.25) is 19.8 Å². The Balaban J connectivity index is 1.46. The van der Waals surface area contributed by atoms with Gasteiger partial charge in [-0.15, -0.1) is 11.3 Å². The first-order valence-corrected chi connectivity index (χ1v) is 13.3. The molecule has 2 amide bonds. The van der Waals surface area contributed by atoms with Crippen LogP contribution < -0.4 is 10.8 Å². The Morgan fingerprint density at radius 3 is 2.51 bits per heavy atom. The van der Waals surface area contributed by atoms with Crippen LogP contribution in [0.3, 0.4) is 0 Å². The Kier molecular flexibility index (Phi) is 8.04. The molecule has 0 unspecified atom stereocenters. The number of pyridine rings is 1. The number of hydroxylamine groups is 1. The van der Waals surface area contributed by atoms with Crippen molar-refractivity contribution in [2.75, 3.05) is 0 Å². The van der Waals surface area contributed by atoms with Gasteiger partial charge in [0.15, 0.2) is 0 Å². The molecule has 11 heteroatoms. The number of nitrogens with zero attached hydrogens (tertiary/aromatic N) is 3. The zero-order valence-electron chi connectivity index (χ0n) is 20.2. The molecule has 1 atom stereocenters. The average Bonchev–Trinajstić information content (AvgIpc) is 3.63. The van der Waals surface area contributed by atoms with Gasteiger partial charge in [-0.05, 0) is 54.1 Å². The van der Waals surface area contributed by atoms with Crippen LogP contribution in [0, 0.1) is 0 Å². The van der Waals surface area contributed by atoms with Crippen molar-refractivity contribution in [3.05, 3.63) is 112 Å². The van der Waals surface area contributed by atoms with Crippen molar-refractivity contribution in [1.29, 1.82) is 0 Å². The number of carbonyl (C=O) groups excluding carboxylic acids is 2. The Labute approximate surface area is 237 Å². The van der Waals surface area contributed by atoms with E-state index >= 15 is 0 Å². The molecule has 0 saturated heterocycles. The number of nitrogens with one attached hydrogen (secondary N) is 2. The highest BCUT2D eigenvalue weighted by atomic mass is 35.5. The van der Waals surface area contributed by atoms with Gasteiger partial charge in [0.1, 0.15) is 6.04 Å². The van der Waals surface area contributed by atoms with Crippen LogP contribution >= 0.6 is 34.5 Å². The fraction of sp³-hybridized carbons (Fsp3) is 0.0714. The lowest BCUT2D eigenvalue weighted by molar-refractivity contribution is -0.131. The van der Waals surface area contributed by atoms with Crippen LogP contribution in [0.15, 0.2) is 91.3 Å². The lowest BCUT2D eigenvalue weighted by Crippen LogP contribution is -2.47. The van der Waals surface area contributed by atoms with Gasteiger partial charge in [-0.1, -0.05) is 53.5 Å². The SMILES string of the molecule is O=C(N[C@@H](Cc1ccccc1)C(=O)NO)c1ccc(-c2cc(-c3cccnc3)nn2-c2ccc(Cl)c(Cl)c2)s1. The zero-order chi connectivity index (χ0) is 27.4. The maximum absolute atomic E-state index is 13.1. The molecule has 0 radical (unpaired) electrons. The summed E-state index contributed by atoms with van der Waals surface area (Å²) in [7, 11) is 0. The van der Waals surface area contributed by atoms with E-state index in [1.54, 1.807) is 46.8 Å². The van der Waals surface area contributed by atoms with E-state index in [1.165, 1.54) is 11.3 Å². The second-order valence-electron chi connectivity index (χ2n) is 8.52. The number of carbonyl (C=O) groups is 2. The molecule has 2 aromatic carbocycles. The van der Waals surface area contributed by atoms with E-state index in [0.717, 1.165) is 21.7 Å². The van der Waals surface area contributed by atoms with Crippen molar-refractivity contribution in [2.45, 2.75) is 12.5 Å². The lowest BCUT2D eigenvalue weighted by atomic mass is 10.1. The standard InChI is InChI=1S/C28H21Cl2N5O3S/c29-20-9-8-19(14-21(20)30)35-24(15-22(33-35)18-7-4-12-31-16-18)25-10-11-26(39-25)28(37)32-23(27(36)34-38)13-17-5-2-1-3-6-17/h1-12,14-16,23,38H,13H2,(H,32,37)(H,34,36)/t23-/m0/s1. The maximum atomic E-state index is 13.1. The number of hydrogen-bond donors (Lipinski definition) is 3. The molecule has 0 aliphatic heterocycles. The summed E-state index contributed by atoms with van der Waals surface area (Å²) >= 11 is 13.7. The summed E-state index contributed by atoms with van der Waals surface area (Å²) in [6.07, 6.45) is 3.63. The summed E-state index contributed by atoms with van der Waals surface area (Å²) < 4.78 is 1.73. The van der Waals surface area contributed by atoms with Gasteiger partial charge >= 0.3 is 0 Å². The van der Waals surface area contributed by atoms with E-state index in [9.17, 15) is 14.8 Å². The molecule has 0 spiro atoms. The van der Waals surface area contributed by atoms with Gasteiger partial charge in [0.25, 0.3) is 11.8 Å². The van der Waals surface area contributed by atoms with Crippen LogP contribution in [-0.4, -0.2) is 37.8 Å². The second-order valence-corrected chi connectivity index (χ2v) is 10.4. The van der Waals surface area contributed by atoms with Crippen LogP contribution in [-0.2, 0) is 11.2 Å². The Bertz CT molecular complexity index is 1620. The van der Waals surface area contributed by atoms with Gasteiger partial charge in [-0.25, -0.2) is 10.2 Å². The molecule has 196 valence electrons. The third kappa shape index (κ3) is 6.02. The molecular weight excluding hydrogens is 557 g/mol. The summed E-state index contributed by atoms with van der Waals surface area (Å²) in [5.74, 6) is -1.15. The molecule has 0 fully saturated rings. The molecule has 5 aromatic rings. The van der Waals surface area contributed by atoms with Crippen LogP contribution in [0.25, 0.3) is 27.5 Å². The van der Waals surface area contributed by atoms with E-state index in [-0.39, 0.29) is 6.42 Å². The van der Waals surface area contributed by atoms with Crippen LogP contribution in [0.4, 0.5) is 0 Å². The molecule has 5 rings (SSSR count). The van der Waals surface area contributed by atoms with Crippen molar-refractivity contribution in [2.24, 2.45) is 0 Å². The Hall–Kier alpha value is -4.02. The van der Waals surface area contributed by atoms with Crippen LogP contribution in [0.5, 0.6) is 0 Å². The van der Waals surface area contributed by atoms with Gasteiger partial charge in [0, 0.05) is 24.4 Å². The van der Waals surface area contributed by atoms with Gasteiger partial charge in [0.2, 0.25) is 0 Å². The predicted octanol–water partition coefficient (Wildman–Crippen LogP) is 5.82. The summed E-state index contributed by atoms with van der Waals surface area (Å²) in [6, 6.07) is 22.6. The predicted molar refractivity (Wildman–Crippen MR) is 151 cm³/mol. The molecule has 3 N–H and O–H groups in total. The number of halogens is 2. The topological polar surface area (TPSA) is 109 Å². The number of thiophene rings is 1. The molecule has 0 saturated carbocycles. The zero-order valence-corrected chi connectivity index (χ0v) is 22.5. The monoisotopic (exact) mass is 577 g/mol. The first kappa shape index (κ1) is 26.6. The largest absolute Gasteiger partial charge is 0.339 e. The Morgan fingerprint density at radius 2 is 1.79 bits per heavy atom. The van der Waals surface area contributed by atoms with Crippen LogP contribution in [0.2, 0.25) is 10.0 Å². The summed E-state index contributed by atoms with van der Waals surface area (Å²) in [6.45, 7) is 0. The first-order chi connectivity index (χ1) is 18.9. The fourth-order valence-corrected chi connectivity index (χ4v) is 5.19. The van der Waals surface area contributed by atoms with Crippen molar-refractivity contribution >= 4 is 46.4 Å². The number of rotatable bonds is 8. The highest BCUT2D eigenvalue weighted by Gasteiger charge is 2.23. The van der Waals surface area contributed by atoms with Gasteiger partial charge in [0.05, 0.1) is 36.9 Å². The number of amides is 2. The van der Waals surface area contributed by atoms with Gasteiger partial charge in [-0.2, -0.15) is 5.10 Å². The third-order valence-corrected chi connectivity index (χ3v) is 7.76. The molecule has 39 heavy (non-hydrogen) atoms. The summed E-state index contributed by atoms with van der Waals surface area (Å²) in [5.41, 5.74) is 5.41. The number of benzene rings is 2. The third-order valence-electron chi connectivity index (χ3n) is 5.91. The minimum Gasteiger partial charge on any atom is -0.339 e. The minimum atomic E-state index is -0.964. The van der Waals surface area contributed by atoms with E-state index in [2.05, 4.69) is 10.3 Å². The number of hydrogen-bond acceptors (Lipinski definition) is 6. The maximum Gasteiger partial charge on any atom is 0.266 e. The smallest absolute Gasteiger partial charge is 0.266 e. The van der Waals surface area contributed by atoms with Crippen LogP contribution in [0.1, 0.15) is 15.2 Å². The quantitative estimate of drug-likeness (QED) is 0.159. The molecule has 3 heterocycles. The van der Waals surface area contributed by atoms with Gasteiger partial charge < -0.3 is 5.32 Å². The van der Waals surface area contributed by atoms with Crippen molar-refractivity contribution in [3.8, 4) is 27.5 Å².